The zero-order valence-electron chi connectivity index (χ0n) is 23.7. The van der Waals surface area contributed by atoms with Gasteiger partial charge in [-0.25, -0.2) is 9.18 Å². The fraction of sp³-hybridized carbons (Fsp3) is 0.517. The summed E-state index contributed by atoms with van der Waals surface area (Å²) in [4.78, 5) is 33.0. The number of likely N-dealkylation sites (tertiary alicyclic amines) is 1. The van der Waals surface area contributed by atoms with Crippen molar-refractivity contribution in [3.63, 3.8) is 0 Å². The molecule has 0 radical (unpaired) electrons. The van der Waals surface area contributed by atoms with Crippen molar-refractivity contribution in [3.8, 4) is 0 Å². The van der Waals surface area contributed by atoms with Gasteiger partial charge in [-0.15, -0.1) is 0 Å². The van der Waals surface area contributed by atoms with Gasteiger partial charge in [0.15, 0.2) is 0 Å². The molecule has 0 bridgehead atoms. The van der Waals surface area contributed by atoms with Crippen LogP contribution in [-0.4, -0.2) is 77.9 Å². The van der Waals surface area contributed by atoms with E-state index in [1.54, 1.807) is 17.9 Å². The Morgan fingerprint density at radius 2 is 1.60 bits per heavy atom. The molecule has 0 spiro atoms. The van der Waals surface area contributed by atoms with E-state index in [-0.39, 0.29) is 36.7 Å². The van der Waals surface area contributed by atoms with Crippen LogP contribution in [0.15, 0.2) is 36.4 Å². The highest BCUT2D eigenvalue weighted by atomic mass is 19.4. The molecule has 3 amide bonds. The molecule has 0 N–H and O–H groups in total. The fourth-order valence-corrected chi connectivity index (χ4v) is 5.77. The molecule has 2 aliphatic rings. The number of hydrogen-bond acceptors (Lipinski definition) is 3. The van der Waals surface area contributed by atoms with Crippen molar-refractivity contribution in [1.82, 2.24) is 19.6 Å². The van der Waals surface area contributed by atoms with Crippen molar-refractivity contribution in [2.24, 2.45) is 0 Å². The largest absolute Gasteiger partial charge is 0.416 e. The maximum atomic E-state index is 14.0. The summed E-state index contributed by atoms with van der Waals surface area (Å²) < 4.78 is 94.9. The second-order valence-electron chi connectivity index (χ2n) is 11.1. The van der Waals surface area contributed by atoms with Crippen molar-refractivity contribution in [3.05, 3.63) is 70.0 Å². The summed E-state index contributed by atoms with van der Waals surface area (Å²) in [5.74, 6) is -0.509. The molecule has 13 heteroatoms. The molecule has 2 aromatic rings. The number of likely N-dealkylation sites (N-methyl/N-ethyl adjacent to an activating group) is 1. The number of rotatable bonds is 4. The summed E-state index contributed by atoms with van der Waals surface area (Å²) in [6.45, 7) is 4.69. The minimum atomic E-state index is -5.02. The Balaban J connectivity index is 1.66. The summed E-state index contributed by atoms with van der Waals surface area (Å²) in [6.07, 6.45) is -9.27. The molecule has 0 saturated carbocycles. The molecule has 2 aromatic carbocycles. The molecular weight excluding hydrogens is 569 g/mol. The predicted molar refractivity (Wildman–Crippen MR) is 141 cm³/mol. The molecule has 4 rings (SSSR count). The zero-order valence-corrected chi connectivity index (χ0v) is 23.7. The number of urea groups is 1. The second kappa shape index (κ2) is 11.7. The van der Waals surface area contributed by atoms with E-state index in [0.29, 0.717) is 49.2 Å². The third kappa shape index (κ3) is 6.66. The highest BCUT2D eigenvalue weighted by molar-refractivity contribution is 5.79. The van der Waals surface area contributed by atoms with Crippen LogP contribution in [0.3, 0.4) is 0 Å². The number of carbonyl (C=O) groups is 2. The van der Waals surface area contributed by atoms with E-state index in [0.717, 1.165) is 4.90 Å². The Morgan fingerprint density at radius 1 is 0.976 bits per heavy atom. The molecule has 42 heavy (non-hydrogen) atoms. The van der Waals surface area contributed by atoms with Crippen LogP contribution in [0, 0.1) is 12.7 Å². The number of amides is 3. The van der Waals surface area contributed by atoms with Crippen LogP contribution < -0.4 is 0 Å². The van der Waals surface area contributed by atoms with E-state index >= 15 is 0 Å². The summed E-state index contributed by atoms with van der Waals surface area (Å²) in [5.41, 5.74) is -2.02. The number of hydrogen-bond donors (Lipinski definition) is 0. The first-order valence-corrected chi connectivity index (χ1v) is 13.5. The summed E-state index contributed by atoms with van der Waals surface area (Å²) in [7, 11) is 3.17. The van der Waals surface area contributed by atoms with E-state index in [1.165, 1.54) is 31.0 Å². The van der Waals surface area contributed by atoms with Gasteiger partial charge in [0.1, 0.15) is 5.82 Å². The monoisotopic (exact) mass is 602 g/mol. The Morgan fingerprint density at radius 3 is 2.14 bits per heavy atom. The van der Waals surface area contributed by atoms with Gasteiger partial charge < -0.3 is 14.7 Å². The first-order valence-electron chi connectivity index (χ1n) is 13.5. The Kier molecular flexibility index (Phi) is 8.82. The van der Waals surface area contributed by atoms with Crippen LogP contribution in [0.25, 0.3) is 0 Å². The SMILES string of the molecule is Cc1cc(F)ccc1[C@H]1C[C@@H](N2CCN(C)CC2=O)CCN1C(=O)N(C)[C@H](C)c1cc(C(F)(F)F)cc(C(F)(F)F)c1. The van der Waals surface area contributed by atoms with E-state index < -0.39 is 47.4 Å². The Bertz CT molecular complexity index is 1300. The average molecular weight is 603 g/mol. The van der Waals surface area contributed by atoms with Crippen molar-refractivity contribution >= 4 is 11.9 Å². The number of carbonyl (C=O) groups excluding carboxylic acids is 2. The van der Waals surface area contributed by atoms with Gasteiger partial charge in [-0.1, -0.05) is 6.07 Å². The smallest absolute Gasteiger partial charge is 0.337 e. The first-order chi connectivity index (χ1) is 19.5. The third-order valence-electron chi connectivity index (χ3n) is 8.28. The number of halogens is 7. The van der Waals surface area contributed by atoms with Crippen LogP contribution >= 0.6 is 0 Å². The lowest BCUT2D eigenvalue weighted by Crippen LogP contribution is -2.57. The van der Waals surface area contributed by atoms with Crippen molar-refractivity contribution in [1.29, 1.82) is 0 Å². The maximum Gasteiger partial charge on any atom is 0.416 e. The summed E-state index contributed by atoms with van der Waals surface area (Å²) in [5, 5.41) is 0. The zero-order chi connectivity index (χ0) is 31.1. The van der Waals surface area contributed by atoms with Gasteiger partial charge in [0.05, 0.1) is 29.8 Å². The second-order valence-corrected chi connectivity index (χ2v) is 11.1. The number of alkyl halides is 6. The van der Waals surface area contributed by atoms with Gasteiger partial charge in [-0.05, 0) is 80.8 Å². The van der Waals surface area contributed by atoms with Gasteiger partial charge in [0, 0.05) is 32.7 Å². The number of benzene rings is 2. The number of aryl methyl sites for hydroxylation is 1. The van der Waals surface area contributed by atoms with Crippen LogP contribution in [0.5, 0.6) is 0 Å². The molecule has 230 valence electrons. The van der Waals surface area contributed by atoms with Crippen molar-refractivity contribution in [2.45, 2.75) is 57.2 Å². The Labute approximate surface area is 239 Å². The predicted octanol–water partition coefficient (Wildman–Crippen LogP) is 6.26. The number of nitrogens with zero attached hydrogens (tertiary/aromatic N) is 4. The first kappa shape index (κ1) is 31.6. The topological polar surface area (TPSA) is 47.1 Å². The normalized spacial score (nSPS) is 21.5. The molecule has 2 heterocycles. The molecule has 2 saturated heterocycles. The standard InChI is InChI=1S/C29H33F7N4O2/c1-17-11-22(30)5-6-24(17)25-15-23(39-10-9-37(3)16-26(39)41)7-8-40(25)27(42)38(4)18(2)19-12-20(28(31,32)33)14-21(13-19)29(34,35)36/h5-6,11-14,18,23,25H,7-10,15-16H2,1-4H3/t18-,23+,25-/m1/s1. The molecule has 2 aliphatic heterocycles. The highest BCUT2D eigenvalue weighted by Gasteiger charge is 2.41. The van der Waals surface area contributed by atoms with Crippen LogP contribution in [0.2, 0.25) is 0 Å². The van der Waals surface area contributed by atoms with E-state index in [2.05, 4.69) is 0 Å². The number of piperidine rings is 1. The molecule has 0 aromatic heterocycles. The molecule has 0 aliphatic carbocycles. The minimum Gasteiger partial charge on any atom is -0.337 e. The molecule has 3 atom stereocenters. The lowest BCUT2D eigenvalue weighted by molar-refractivity contribution is -0.143. The van der Waals surface area contributed by atoms with Crippen LogP contribution in [0.4, 0.5) is 35.5 Å². The summed E-state index contributed by atoms with van der Waals surface area (Å²) >= 11 is 0. The van der Waals surface area contributed by atoms with E-state index in [9.17, 15) is 40.3 Å². The quantitative estimate of drug-likeness (QED) is 0.388. The van der Waals surface area contributed by atoms with Crippen LogP contribution in [-0.2, 0) is 17.1 Å². The molecular formula is C29H33F7N4O2. The van der Waals surface area contributed by atoms with Gasteiger partial charge in [0.2, 0.25) is 5.91 Å². The van der Waals surface area contributed by atoms with Crippen molar-refractivity contribution in [2.75, 3.05) is 40.3 Å². The van der Waals surface area contributed by atoms with Gasteiger partial charge in [0.25, 0.3) is 0 Å². The maximum absolute atomic E-state index is 14.0. The summed E-state index contributed by atoms with van der Waals surface area (Å²) in [6, 6.07) is 2.90. The third-order valence-corrected chi connectivity index (χ3v) is 8.28. The molecule has 0 unspecified atom stereocenters. The fourth-order valence-electron chi connectivity index (χ4n) is 5.77. The number of piperazine rings is 1. The van der Waals surface area contributed by atoms with Gasteiger partial charge in [-0.3, -0.25) is 9.69 Å². The lowest BCUT2D eigenvalue weighted by atomic mass is 9.88. The van der Waals surface area contributed by atoms with Gasteiger partial charge in [-0.2, -0.15) is 26.3 Å². The lowest BCUT2D eigenvalue weighted by Gasteiger charge is -2.47. The van der Waals surface area contributed by atoms with Crippen molar-refractivity contribution < 1.29 is 40.3 Å². The Hall–Kier alpha value is -3.35. The highest BCUT2D eigenvalue weighted by Crippen LogP contribution is 2.40. The van der Waals surface area contributed by atoms with E-state index in [4.69, 9.17) is 0 Å². The molecule has 6 nitrogen and oxygen atoms in total. The van der Waals surface area contributed by atoms with E-state index in [1.807, 2.05) is 11.9 Å². The molecule has 2 fully saturated rings. The van der Waals surface area contributed by atoms with Crippen LogP contribution in [0.1, 0.15) is 59.7 Å². The average Bonchev–Trinajstić information content (AvgIpc) is 2.90. The van der Waals surface area contributed by atoms with Gasteiger partial charge >= 0.3 is 18.4 Å². The minimum absolute atomic E-state index is 0.0427.